The van der Waals surface area contributed by atoms with Gasteiger partial charge in [-0.25, -0.2) is 4.79 Å². The first-order chi connectivity index (χ1) is 14.1. The molecule has 0 radical (unpaired) electrons. The number of alkyl halides is 3. The largest absolute Gasteiger partial charge is 0.490 e. The summed E-state index contributed by atoms with van der Waals surface area (Å²) in [6.45, 7) is 2.19. The van der Waals surface area contributed by atoms with Crippen molar-refractivity contribution < 1.29 is 32.7 Å². The molecule has 1 atom stereocenters. The van der Waals surface area contributed by atoms with Crippen LogP contribution in [0.15, 0.2) is 36.7 Å². The average molecular weight is 425 g/mol. The Kier molecular flexibility index (Phi) is 6.14. The minimum absolute atomic E-state index is 0.0748. The van der Waals surface area contributed by atoms with Crippen LogP contribution in [0, 0.1) is 11.3 Å². The van der Waals surface area contributed by atoms with E-state index in [1.807, 2.05) is 21.9 Å². The Balaban J connectivity index is 0.000000318. The van der Waals surface area contributed by atoms with E-state index < -0.39 is 12.1 Å². The van der Waals surface area contributed by atoms with E-state index in [2.05, 4.69) is 17.1 Å². The van der Waals surface area contributed by atoms with Crippen LogP contribution in [0.4, 0.5) is 18.9 Å². The molecule has 162 valence electrons. The average Bonchev–Trinajstić information content (AvgIpc) is 3.43. The predicted octanol–water partition coefficient (Wildman–Crippen LogP) is 2.64. The molecule has 0 aromatic carbocycles. The molecule has 1 aromatic rings. The first-order valence-corrected chi connectivity index (χ1v) is 9.56. The molecule has 0 saturated carbocycles. The highest BCUT2D eigenvalue weighted by molar-refractivity contribution is 5.96. The molecule has 10 heteroatoms. The minimum Gasteiger partial charge on any atom is -0.475 e. The highest BCUT2D eigenvalue weighted by atomic mass is 19.4. The summed E-state index contributed by atoms with van der Waals surface area (Å²) >= 11 is 0. The van der Waals surface area contributed by atoms with E-state index in [0.717, 1.165) is 31.5 Å². The highest BCUT2D eigenvalue weighted by Gasteiger charge is 2.49. The van der Waals surface area contributed by atoms with Gasteiger partial charge in [-0.2, -0.15) is 13.2 Å². The lowest BCUT2D eigenvalue weighted by atomic mass is 9.86. The van der Waals surface area contributed by atoms with Gasteiger partial charge in [0.1, 0.15) is 0 Å². The standard InChI is InChI=1S/C18H21N3O2.C2HF3O2/c22-16-10-18(13-21(16)15-6-3-8-19-11-15)7-9-20(12-18)17(23)14-4-1-2-5-14;3-2(4,5)1(6)7/h1-3,6,8,11,14H,4-5,7,9-10,12-13H2;(H,6,7). The quantitative estimate of drug-likeness (QED) is 0.736. The first-order valence-electron chi connectivity index (χ1n) is 9.56. The van der Waals surface area contributed by atoms with Gasteiger partial charge in [-0.05, 0) is 31.4 Å². The number of anilines is 1. The van der Waals surface area contributed by atoms with Gasteiger partial charge < -0.3 is 14.9 Å². The number of hydrogen-bond acceptors (Lipinski definition) is 4. The predicted molar refractivity (Wildman–Crippen MR) is 100 cm³/mol. The molecular weight excluding hydrogens is 403 g/mol. The van der Waals surface area contributed by atoms with Crippen LogP contribution in [-0.4, -0.2) is 58.6 Å². The van der Waals surface area contributed by atoms with E-state index in [1.165, 1.54) is 0 Å². The molecule has 2 amide bonds. The van der Waals surface area contributed by atoms with Gasteiger partial charge in [-0.3, -0.25) is 14.6 Å². The van der Waals surface area contributed by atoms with Gasteiger partial charge in [0.15, 0.2) is 0 Å². The second-order valence-electron chi connectivity index (χ2n) is 7.82. The number of allylic oxidation sites excluding steroid dienone is 2. The molecule has 1 spiro atoms. The van der Waals surface area contributed by atoms with Crippen molar-refractivity contribution in [2.45, 2.75) is 31.9 Å². The topological polar surface area (TPSA) is 90.8 Å². The Morgan fingerprint density at radius 3 is 2.43 bits per heavy atom. The van der Waals surface area contributed by atoms with Crippen molar-refractivity contribution in [2.75, 3.05) is 24.5 Å². The zero-order chi connectivity index (χ0) is 21.9. The number of hydrogen-bond donors (Lipinski definition) is 1. The van der Waals surface area contributed by atoms with Crippen LogP contribution in [-0.2, 0) is 14.4 Å². The van der Waals surface area contributed by atoms with Crippen LogP contribution < -0.4 is 4.90 Å². The summed E-state index contributed by atoms with van der Waals surface area (Å²) in [5, 5.41) is 7.12. The van der Waals surface area contributed by atoms with Crippen molar-refractivity contribution >= 4 is 23.5 Å². The molecule has 2 saturated heterocycles. The van der Waals surface area contributed by atoms with Crippen LogP contribution in [0.3, 0.4) is 0 Å². The molecule has 1 unspecified atom stereocenters. The normalized spacial score (nSPS) is 23.8. The molecule has 2 fully saturated rings. The third-order valence-corrected chi connectivity index (χ3v) is 5.63. The Morgan fingerprint density at radius 2 is 1.87 bits per heavy atom. The van der Waals surface area contributed by atoms with E-state index in [9.17, 15) is 22.8 Å². The van der Waals surface area contributed by atoms with E-state index in [-0.39, 0.29) is 23.1 Å². The molecule has 0 bridgehead atoms. The molecule has 7 nitrogen and oxygen atoms in total. The summed E-state index contributed by atoms with van der Waals surface area (Å²) in [7, 11) is 0. The molecule has 2 aliphatic heterocycles. The zero-order valence-corrected chi connectivity index (χ0v) is 16.1. The maximum Gasteiger partial charge on any atom is 0.490 e. The van der Waals surface area contributed by atoms with E-state index in [1.54, 1.807) is 12.4 Å². The number of halogens is 3. The van der Waals surface area contributed by atoms with Crippen molar-refractivity contribution in [3.63, 3.8) is 0 Å². The number of pyridine rings is 1. The summed E-state index contributed by atoms with van der Waals surface area (Å²) in [5.74, 6) is -2.22. The smallest absolute Gasteiger partial charge is 0.475 e. The Hall–Kier alpha value is -2.91. The fourth-order valence-electron chi connectivity index (χ4n) is 4.12. The van der Waals surface area contributed by atoms with Gasteiger partial charge in [0.2, 0.25) is 11.8 Å². The molecule has 1 aliphatic carbocycles. The summed E-state index contributed by atoms with van der Waals surface area (Å²) in [5.41, 5.74) is 0.786. The number of carbonyl (C=O) groups excluding carboxylic acids is 2. The first kappa shape index (κ1) is 21.8. The van der Waals surface area contributed by atoms with Gasteiger partial charge >= 0.3 is 12.1 Å². The lowest BCUT2D eigenvalue weighted by molar-refractivity contribution is -0.192. The molecule has 3 aliphatic rings. The molecule has 30 heavy (non-hydrogen) atoms. The van der Waals surface area contributed by atoms with Gasteiger partial charge in [-0.15, -0.1) is 0 Å². The Morgan fingerprint density at radius 1 is 1.20 bits per heavy atom. The number of amides is 2. The van der Waals surface area contributed by atoms with Crippen molar-refractivity contribution in [2.24, 2.45) is 11.3 Å². The Labute approximate surface area is 171 Å². The number of carboxylic acids is 1. The molecule has 1 N–H and O–H groups in total. The molecule has 1 aromatic heterocycles. The van der Waals surface area contributed by atoms with Crippen LogP contribution >= 0.6 is 0 Å². The maximum atomic E-state index is 12.6. The molecule has 4 rings (SSSR count). The van der Waals surface area contributed by atoms with Crippen LogP contribution in [0.5, 0.6) is 0 Å². The number of nitrogens with zero attached hydrogens (tertiary/aromatic N) is 3. The summed E-state index contributed by atoms with van der Waals surface area (Å²) < 4.78 is 31.7. The number of aromatic nitrogens is 1. The summed E-state index contributed by atoms with van der Waals surface area (Å²) in [6.07, 6.45) is 5.74. The van der Waals surface area contributed by atoms with Crippen LogP contribution in [0.2, 0.25) is 0 Å². The SMILES string of the molecule is O=C(C1CC=CC1)N1CCC2(CC(=O)N(c3cccnc3)C2)C1.O=C(O)C(F)(F)F. The van der Waals surface area contributed by atoms with Gasteiger partial charge in [0, 0.05) is 43.6 Å². The van der Waals surface area contributed by atoms with Crippen LogP contribution in [0.25, 0.3) is 0 Å². The second kappa shape index (κ2) is 8.45. The number of carbonyl (C=O) groups is 3. The highest BCUT2D eigenvalue weighted by Crippen LogP contribution is 2.42. The third-order valence-electron chi connectivity index (χ3n) is 5.63. The number of carboxylic acid groups (broad SMARTS) is 1. The van der Waals surface area contributed by atoms with Crippen molar-refractivity contribution in [3.8, 4) is 0 Å². The summed E-state index contributed by atoms with van der Waals surface area (Å²) in [4.78, 5) is 41.9. The monoisotopic (exact) mass is 425 g/mol. The second-order valence-corrected chi connectivity index (χ2v) is 7.82. The number of likely N-dealkylation sites (tertiary alicyclic amines) is 1. The molecular formula is C20H22F3N3O4. The minimum atomic E-state index is -5.08. The fourth-order valence-corrected chi connectivity index (χ4v) is 4.12. The van der Waals surface area contributed by atoms with Crippen molar-refractivity contribution in [1.29, 1.82) is 0 Å². The molecule has 3 heterocycles. The van der Waals surface area contributed by atoms with Crippen molar-refractivity contribution in [3.05, 3.63) is 36.7 Å². The van der Waals surface area contributed by atoms with Gasteiger partial charge in [-0.1, -0.05) is 12.2 Å². The number of rotatable bonds is 2. The third kappa shape index (κ3) is 4.80. The lowest BCUT2D eigenvalue weighted by Crippen LogP contribution is -2.36. The van der Waals surface area contributed by atoms with E-state index in [0.29, 0.717) is 19.5 Å². The van der Waals surface area contributed by atoms with Crippen molar-refractivity contribution in [1.82, 2.24) is 9.88 Å². The van der Waals surface area contributed by atoms with Gasteiger partial charge in [0.25, 0.3) is 0 Å². The number of aliphatic carboxylic acids is 1. The van der Waals surface area contributed by atoms with Gasteiger partial charge in [0.05, 0.1) is 11.9 Å². The Bertz CT molecular complexity index is 835. The van der Waals surface area contributed by atoms with Crippen LogP contribution in [0.1, 0.15) is 25.7 Å². The maximum absolute atomic E-state index is 12.6. The zero-order valence-electron chi connectivity index (χ0n) is 16.1. The summed E-state index contributed by atoms with van der Waals surface area (Å²) in [6, 6.07) is 3.77. The van der Waals surface area contributed by atoms with E-state index in [4.69, 9.17) is 9.90 Å². The lowest BCUT2D eigenvalue weighted by Gasteiger charge is -2.25. The van der Waals surface area contributed by atoms with E-state index >= 15 is 0 Å². The fraction of sp³-hybridized carbons (Fsp3) is 0.500.